The van der Waals surface area contributed by atoms with E-state index < -0.39 is 5.41 Å². The Labute approximate surface area is 365 Å². The summed E-state index contributed by atoms with van der Waals surface area (Å²) in [6.07, 6.45) is 3.01. The molecule has 2 aliphatic heterocycles. The fourth-order valence-electron chi connectivity index (χ4n) is 9.86. The molecule has 0 radical (unpaired) electrons. The molecule has 0 unspecified atom stereocenters. The van der Waals surface area contributed by atoms with Gasteiger partial charge in [0, 0.05) is 49.6 Å². The van der Waals surface area contributed by atoms with Crippen molar-refractivity contribution in [1.82, 2.24) is 9.88 Å². The minimum Gasteiger partial charge on any atom is -0.455 e. The molecule has 12 rings (SSSR count). The van der Waals surface area contributed by atoms with Crippen molar-refractivity contribution in [1.29, 1.82) is 0 Å². The number of fused-ring (bicyclic) bond motifs is 9. The van der Waals surface area contributed by atoms with Crippen LogP contribution in [0, 0.1) is 0 Å². The smallest absolute Gasteiger partial charge is 0.145 e. The highest BCUT2D eigenvalue weighted by atomic mass is 16.5. The lowest BCUT2D eigenvalue weighted by atomic mass is 9.74. The quantitative estimate of drug-likeness (QED) is 0.188. The summed E-state index contributed by atoms with van der Waals surface area (Å²) >= 11 is 0. The van der Waals surface area contributed by atoms with Gasteiger partial charge in [-0.25, -0.2) is 4.99 Å². The minimum absolute atomic E-state index is 0.392. The number of ether oxygens (including phenoxy) is 1. The van der Waals surface area contributed by atoms with Gasteiger partial charge in [0.05, 0.1) is 27.7 Å². The van der Waals surface area contributed by atoms with Crippen molar-refractivity contribution in [3.8, 4) is 28.3 Å². The molecule has 1 N–H and O–H groups in total. The Morgan fingerprint density at radius 1 is 0.571 bits per heavy atom. The van der Waals surface area contributed by atoms with Gasteiger partial charge in [-0.2, -0.15) is 0 Å². The van der Waals surface area contributed by atoms with Gasteiger partial charge in [0.1, 0.15) is 28.5 Å². The number of aliphatic imine (C=N–C) groups is 1. The summed E-state index contributed by atoms with van der Waals surface area (Å²) < 4.78 is 16.4. The zero-order valence-electron chi connectivity index (χ0n) is 35.3. The lowest BCUT2D eigenvalue weighted by Crippen LogP contribution is -2.29. The normalized spacial score (nSPS) is 15.5. The molecule has 2 aliphatic rings. The number of furan rings is 1. The summed E-state index contributed by atoms with van der Waals surface area (Å²) in [4.78, 5) is 5.45. The number of allylic oxidation sites excluding steroid dienone is 2. The van der Waals surface area contributed by atoms with Gasteiger partial charge in [-0.3, -0.25) is 0 Å². The van der Waals surface area contributed by atoms with Crippen LogP contribution < -0.4 is 10.1 Å². The number of nitrogens with zero attached hydrogens (tertiary/aromatic N) is 2. The van der Waals surface area contributed by atoms with Crippen LogP contribution in [0.25, 0.3) is 72.0 Å². The van der Waals surface area contributed by atoms with E-state index in [1.54, 1.807) is 0 Å². The van der Waals surface area contributed by atoms with Crippen molar-refractivity contribution >= 4 is 61.0 Å². The van der Waals surface area contributed by atoms with Crippen LogP contribution >= 0.6 is 0 Å². The van der Waals surface area contributed by atoms with Crippen LogP contribution in [0.4, 0.5) is 0 Å². The van der Waals surface area contributed by atoms with E-state index in [9.17, 15) is 0 Å². The molecule has 10 aromatic rings. The van der Waals surface area contributed by atoms with E-state index in [1.165, 1.54) is 5.57 Å². The fourth-order valence-corrected chi connectivity index (χ4v) is 9.86. The molecule has 0 spiro atoms. The number of hydrogen-bond donors (Lipinski definition) is 1. The Morgan fingerprint density at radius 2 is 1.22 bits per heavy atom. The predicted molar refractivity (Wildman–Crippen MR) is 260 cm³/mol. The number of benzene rings is 8. The molecule has 0 amide bonds. The Hall–Kier alpha value is -7.89. The van der Waals surface area contributed by atoms with E-state index in [2.05, 4.69) is 207 Å². The van der Waals surface area contributed by atoms with Crippen LogP contribution in [0.1, 0.15) is 55.0 Å². The van der Waals surface area contributed by atoms with Gasteiger partial charge in [0.25, 0.3) is 0 Å². The number of aromatic nitrogens is 1. The first-order chi connectivity index (χ1) is 30.9. The summed E-state index contributed by atoms with van der Waals surface area (Å²) in [5.41, 5.74) is 15.3. The molecule has 0 bridgehead atoms. The molecule has 63 heavy (non-hydrogen) atoms. The SMILES string of the molecule is CC1=C(c2ccccc2)NC(c2cccc3c2Oc2c(-c4ccc5c(c4)c4c6oc7ccccc7c6ccc4n5-c4ccccc4)cccc2C3(C)C)=N/C(c2ccccc2)=C/C1. The lowest BCUT2D eigenvalue weighted by molar-refractivity contribution is 0.418. The Bertz CT molecular complexity index is 3550. The maximum Gasteiger partial charge on any atom is 0.145 e. The minimum atomic E-state index is -0.392. The van der Waals surface area contributed by atoms with E-state index in [1.807, 2.05) is 12.1 Å². The van der Waals surface area contributed by atoms with Gasteiger partial charge in [0.15, 0.2) is 0 Å². The molecule has 0 atom stereocenters. The van der Waals surface area contributed by atoms with Gasteiger partial charge < -0.3 is 19.0 Å². The van der Waals surface area contributed by atoms with Crippen molar-refractivity contribution < 1.29 is 9.15 Å². The highest BCUT2D eigenvalue weighted by Crippen LogP contribution is 2.53. The second kappa shape index (κ2) is 14.4. The van der Waals surface area contributed by atoms with Crippen LogP contribution in [-0.2, 0) is 5.41 Å². The number of para-hydroxylation sites is 4. The van der Waals surface area contributed by atoms with Crippen LogP contribution in [-0.4, -0.2) is 10.4 Å². The average molecular weight is 814 g/mol. The molecule has 0 fully saturated rings. The molecular formula is C58H43N3O2. The highest BCUT2D eigenvalue weighted by molar-refractivity contribution is 6.24. The largest absolute Gasteiger partial charge is 0.455 e. The summed E-state index contributed by atoms with van der Waals surface area (Å²) in [6.45, 7) is 6.81. The first kappa shape index (κ1) is 36.9. The van der Waals surface area contributed by atoms with Crippen LogP contribution in [0.5, 0.6) is 11.5 Å². The maximum absolute atomic E-state index is 7.37. The van der Waals surface area contributed by atoms with E-state index in [4.69, 9.17) is 14.1 Å². The lowest BCUT2D eigenvalue weighted by Gasteiger charge is -2.36. The van der Waals surface area contributed by atoms with E-state index in [0.29, 0.717) is 0 Å². The molecule has 302 valence electrons. The van der Waals surface area contributed by atoms with Gasteiger partial charge in [0.2, 0.25) is 0 Å². The van der Waals surface area contributed by atoms with Crippen molar-refractivity contribution in [3.05, 3.63) is 221 Å². The van der Waals surface area contributed by atoms with E-state index in [-0.39, 0.29) is 0 Å². The van der Waals surface area contributed by atoms with Crippen LogP contribution in [0.3, 0.4) is 0 Å². The van der Waals surface area contributed by atoms with Crippen molar-refractivity contribution in [2.75, 3.05) is 0 Å². The first-order valence-corrected chi connectivity index (χ1v) is 21.7. The van der Waals surface area contributed by atoms with Crippen LogP contribution in [0.2, 0.25) is 0 Å². The second-order valence-corrected chi connectivity index (χ2v) is 17.2. The topological polar surface area (TPSA) is 51.7 Å². The van der Waals surface area contributed by atoms with Gasteiger partial charge >= 0.3 is 0 Å². The first-order valence-electron chi connectivity index (χ1n) is 21.7. The second-order valence-electron chi connectivity index (χ2n) is 17.2. The molecule has 8 aromatic carbocycles. The third-order valence-corrected chi connectivity index (χ3v) is 13.1. The molecule has 5 nitrogen and oxygen atoms in total. The number of hydrogen-bond acceptors (Lipinski definition) is 4. The standard InChI is InChI=1S/C58H43N3O2/c1-36-29-32-48(37-17-7-4-8-18-37)59-57(60-53(36)38-19-9-5-10-20-38)44-25-16-27-47-55(44)63-54-41(24-15-26-46(54)58(47,2)3)39-30-33-49-45(35-39)52-50(61(49)40-21-11-6-12-22-40)34-31-43-42-23-13-14-28-51(42)62-56(43)52/h4-28,30-35H,29H2,1-3H3,(H,59,60)/b48-32+,53-36?. The number of amidine groups is 1. The Balaban J connectivity index is 1.05. The molecule has 0 saturated heterocycles. The van der Waals surface area contributed by atoms with Crippen molar-refractivity contribution in [2.45, 2.75) is 32.6 Å². The molecule has 5 heteroatoms. The monoisotopic (exact) mass is 813 g/mol. The number of nitrogens with one attached hydrogen (secondary N) is 1. The third kappa shape index (κ3) is 5.88. The van der Waals surface area contributed by atoms with E-state index in [0.717, 1.165) is 124 Å². The molecule has 0 aliphatic carbocycles. The fraction of sp³-hybridized carbons (Fsp3) is 0.0862. The van der Waals surface area contributed by atoms with Crippen LogP contribution in [0.15, 0.2) is 203 Å². The van der Waals surface area contributed by atoms with Gasteiger partial charge in [-0.1, -0.05) is 153 Å². The highest BCUT2D eigenvalue weighted by Gasteiger charge is 2.38. The Morgan fingerprint density at radius 3 is 1.98 bits per heavy atom. The third-order valence-electron chi connectivity index (χ3n) is 13.1. The molecule has 4 heterocycles. The number of rotatable bonds is 5. The van der Waals surface area contributed by atoms with Gasteiger partial charge in [-0.15, -0.1) is 0 Å². The molecule has 0 saturated carbocycles. The molecule has 2 aromatic heterocycles. The summed E-state index contributed by atoms with van der Waals surface area (Å²) in [5, 5.41) is 8.30. The zero-order chi connectivity index (χ0) is 42.2. The van der Waals surface area contributed by atoms with Gasteiger partial charge in [-0.05, 0) is 84.1 Å². The summed E-state index contributed by atoms with van der Waals surface area (Å²) in [5.74, 6) is 2.39. The zero-order valence-corrected chi connectivity index (χ0v) is 35.3. The van der Waals surface area contributed by atoms with Crippen molar-refractivity contribution in [2.24, 2.45) is 4.99 Å². The average Bonchev–Trinajstić information content (AvgIpc) is 3.87. The summed E-state index contributed by atoms with van der Waals surface area (Å²) in [6, 6.07) is 64.2. The summed E-state index contributed by atoms with van der Waals surface area (Å²) in [7, 11) is 0. The maximum atomic E-state index is 7.37. The molecular weight excluding hydrogens is 771 g/mol. The van der Waals surface area contributed by atoms with Crippen molar-refractivity contribution in [3.63, 3.8) is 0 Å². The van der Waals surface area contributed by atoms with E-state index >= 15 is 0 Å². The Kier molecular flexibility index (Phi) is 8.41. The predicted octanol–water partition coefficient (Wildman–Crippen LogP) is 15.0.